The van der Waals surface area contributed by atoms with Crippen molar-refractivity contribution in [1.29, 1.82) is 0 Å². The smallest absolute Gasteiger partial charge is 0.227 e. The molecule has 4 rings (SSSR count). The Morgan fingerprint density at radius 2 is 2.00 bits per heavy atom. The number of carbonyl (C=O) groups excluding carboxylic acids is 2. The van der Waals surface area contributed by atoms with E-state index in [9.17, 15) is 9.59 Å². The Morgan fingerprint density at radius 3 is 2.81 bits per heavy atom. The van der Waals surface area contributed by atoms with Gasteiger partial charge in [0, 0.05) is 32.5 Å². The molecule has 2 aliphatic heterocycles. The zero-order valence-electron chi connectivity index (χ0n) is 18.5. The van der Waals surface area contributed by atoms with Crippen LogP contribution in [0.4, 0.5) is 5.69 Å². The van der Waals surface area contributed by atoms with Crippen molar-refractivity contribution < 1.29 is 23.8 Å². The van der Waals surface area contributed by atoms with Gasteiger partial charge < -0.3 is 24.0 Å². The molecule has 0 bridgehead atoms. The van der Waals surface area contributed by atoms with E-state index in [1.165, 1.54) is 0 Å². The summed E-state index contributed by atoms with van der Waals surface area (Å²) in [5, 5.41) is 0. The van der Waals surface area contributed by atoms with Crippen LogP contribution in [0.3, 0.4) is 0 Å². The van der Waals surface area contributed by atoms with Crippen molar-refractivity contribution in [2.75, 3.05) is 38.3 Å². The van der Waals surface area contributed by atoms with Crippen molar-refractivity contribution in [3.8, 4) is 11.5 Å². The third kappa shape index (κ3) is 5.40. The lowest BCUT2D eigenvalue weighted by Crippen LogP contribution is -2.40. The molecule has 2 aromatic carbocycles. The van der Waals surface area contributed by atoms with Crippen LogP contribution >= 0.6 is 0 Å². The van der Waals surface area contributed by atoms with Crippen LogP contribution in [0.15, 0.2) is 48.5 Å². The van der Waals surface area contributed by atoms with Gasteiger partial charge in [0.2, 0.25) is 11.8 Å². The third-order valence-corrected chi connectivity index (χ3v) is 5.89. The van der Waals surface area contributed by atoms with Gasteiger partial charge in [0.25, 0.3) is 0 Å². The molecule has 1 unspecified atom stereocenters. The summed E-state index contributed by atoms with van der Waals surface area (Å²) in [6.45, 7) is 2.68. The summed E-state index contributed by atoms with van der Waals surface area (Å²) < 4.78 is 16.7. The molecule has 0 N–H and O–H groups in total. The van der Waals surface area contributed by atoms with Crippen molar-refractivity contribution >= 4 is 17.5 Å². The topological polar surface area (TPSA) is 68.3 Å². The van der Waals surface area contributed by atoms with Crippen LogP contribution in [-0.4, -0.2) is 56.2 Å². The summed E-state index contributed by atoms with van der Waals surface area (Å²) in [5.74, 6) is 1.36. The van der Waals surface area contributed by atoms with Gasteiger partial charge in [-0.05, 0) is 42.7 Å². The number of anilines is 1. The van der Waals surface area contributed by atoms with E-state index in [2.05, 4.69) is 0 Å². The first kappa shape index (κ1) is 22.1. The van der Waals surface area contributed by atoms with Gasteiger partial charge in [-0.25, -0.2) is 0 Å². The van der Waals surface area contributed by atoms with E-state index < -0.39 is 0 Å². The van der Waals surface area contributed by atoms with Crippen molar-refractivity contribution in [3.05, 3.63) is 54.1 Å². The van der Waals surface area contributed by atoms with Gasteiger partial charge in [-0.1, -0.05) is 24.3 Å². The van der Waals surface area contributed by atoms with Crippen LogP contribution in [-0.2, 0) is 20.9 Å². The first-order chi connectivity index (χ1) is 15.6. The van der Waals surface area contributed by atoms with Crippen LogP contribution in [0.1, 0.15) is 31.2 Å². The highest BCUT2D eigenvalue weighted by atomic mass is 16.5. The molecule has 7 heteroatoms. The Hall–Kier alpha value is -3.06. The second-order valence-electron chi connectivity index (χ2n) is 8.12. The maximum atomic E-state index is 13.2. The summed E-state index contributed by atoms with van der Waals surface area (Å²) in [5.41, 5.74) is 1.76. The summed E-state index contributed by atoms with van der Waals surface area (Å²) in [4.78, 5) is 29.6. The van der Waals surface area contributed by atoms with Crippen molar-refractivity contribution in [3.63, 3.8) is 0 Å². The van der Waals surface area contributed by atoms with Crippen molar-refractivity contribution in [1.82, 2.24) is 4.90 Å². The number of carbonyl (C=O) groups is 2. The van der Waals surface area contributed by atoms with E-state index in [1.807, 2.05) is 53.4 Å². The molecule has 2 aliphatic rings. The van der Waals surface area contributed by atoms with Gasteiger partial charge in [-0.15, -0.1) is 0 Å². The zero-order chi connectivity index (χ0) is 22.3. The van der Waals surface area contributed by atoms with Gasteiger partial charge in [-0.2, -0.15) is 0 Å². The minimum atomic E-state index is -0.0625. The van der Waals surface area contributed by atoms with Crippen LogP contribution in [0.2, 0.25) is 0 Å². The van der Waals surface area contributed by atoms with Gasteiger partial charge in [0.1, 0.15) is 18.1 Å². The molecule has 0 spiro atoms. The van der Waals surface area contributed by atoms with E-state index >= 15 is 0 Å². The third-order valence-electron chi connectivity index (χ3n) is 5.89. The van der Waals surface area contributed by atoms with Gasteiger partial charge in [0.05, 0.1) is 25.4 Å². The summed E-state index contributed by atoms with van der Waals surface area (Å²) in [7, 11) is 1.63. The number of benzene rings is 2. The number of hydrogen-bond donors (Lipinski definition) is 0. The molecule has 0 radical (unpaired) electrons. The van der Waals surface area contributed by atoms with Gasteiger partial charge >= 0.3 is 0 Å². The van der Waals surface area contributed by atoms with E-state index in [4.69, 9.17) is 14.2 Å². The number of nitrogens with zero attached hydrogens (tertiary/aromatic N) is 2. The second-order valence-corrected chi connectivity index (χ2v) is 8.12. The standard InChI is InChI=1S/C25H30N2O5/c1-30-20-7-4-6-19(16-20)17-26(18-21-8-5-14-31-21)24(28)11-12-25(29)27-13-15-32-23-10-3-2-9-22(23)27/h2-4,6-7,9-10,16,21H,5,8,11-15,17-18H2,1H3. The quantitative estimate of drug-likeness (QED) is 0.632. The maximum absolute atomic E-state index is 13.2. The molecule has 1 fully saturated rings. The largest absolute Gasteiger partial charge is 0.497 e. The van der Waals surface area contributed by atoms with E-state index in [-0.39, 0.29) is 30.8 Å². The molecule has 0 saturated carbocycles. The molecule has 0 aromatic heterocycles. The van der Waals surface area contributed by atoms with Crippen molar-refractivity contribution in [2.24, 2.45) is 0 Å². The molecular weight excluding hydrogens is 408 g/mol. The van der Waals surface area contributed by atoms with Crippen LogP contribution in [0, 0.1) is 0 Å². The van der Waals surface area contributed by atoms with Crippen LogP contribution in [0.25, 0.3) is 0 Å². The Morgan fingerprint density at radius 1 is 1.12 bits per heavy atom. The van der Waals surface area contributed by atoms with E-state index in [0.29, 0.717) is 32.0 Å². The lowest BCUT2D eigenvalue weighted by Gasteiger charge is -2.30. The highest BCUT2D eigenvalue weighted by Crippen LogP contribution is 2.31. The summed E-state index contributed by atoms with van der Waals surface area (Å²) in [6, 6.07) is 15.2. The van der Waals surface area contributed by atoms with Crippen LogP contribution in [0.5, 0.6) is 11.5 Å². The molecule has 32 heavy (non-hydrogen) atoms. The van der Waals surface area contributed by atoms with E-state index in [1.54, 1.807) is 12.0 Å². The second kappa shape index (κ2) is 10.5. The highest BCUT2D eigenvalue weighted by molar-refractivity contribution is 5.97. The first-order valence-corrected chi connectivity index (χ1v) is 11.2. The molecule has 2 aromatic rings. The molecule has 2 heterocycles. The van der Waals surface area contributed by atoms with Gasteiger partial charge in [-0.3, -0.25) is 9.59 Å². The average molecular weight is 439 g/mol. The number of fused-ring (bicyclic) bond motifs is 1. The summed E-state index contributed by atoms with van der Waals surface area (Å²) in [6.07, 6.45) is 2.33. The number of methoxy groups -OCH3 is 1. The number of para-hydroxylation sites is 2. The molecule has 170 valence electrons. The number of amides is 2. The maximum Gasteiger partial charge on any atom is 0.227 e. The number of rotatable bonds is 8. The molecular formula is C25H30N2O5. The Balaban J connectivity index is 1.41. The zero-order valence-corrected chi connectivity index (χ0v) is 18.5. The number of ether oxygens (including phenoxy) is 3. The van der Waals surface area contributed by atoms with Gasteiger partial charge in [0.15, 0.2) is 0 Å². The highest BCUT2D eigenvalue weighted by Gasteiger charge is 2.26. The molecule has 0 aliphatic carbocycles. The first-order valence-electron chi connectivity index (χ1n) is 11.2. The molecule has 1 saturated heterocycles. The lowest BCUT2D eigenvalue weighted by atomic mass is 10.1. The SMILES string of the molecule is COc1cccc(CN(CC2CCCO2)C(=O)CCC(=O)N2CCOc3ccccc32)c1. The van der Waals surface area contributed by atoms with Crippen molar-refractivity contribution in [2.45, 2.75) is 38.3 Å². The minimum Gasteiger partial charge on any atom is -0.497 e. The van der Waals surface area contributed by atoms with Crippen LogP contribution < -0.4 is 14.4 Å². The Bertz CT molecular complexity index is 941. The predicted molar refractivity (Wildman–Crippen MR) is 121 cm³/mol. The summed E-state index contributed by atoms with van der Waals surface area (Å²) >= 11 is 0. The number of hydrogen-bond acceptors (Lipinski definition) is 5. The molecule has 7 nitrogen and oxygen atoms in total. The fraction of sp³-hybridized carbons (Fsp3) is 0.440. The minimum absolute atomic E-state index is 0.0433. The lowest BCUT2D eigenvalue weighted by molar-refractivity contribution is -0.135. The Labute approximate surface area is 188 Å². The van der Waals surface area contributed by atoms with E-state index in [0.717, 1.165) is 36.4 Å². The fourth-order valence-electron chi connectivity index (χ4n) is 4.22. The monoisotopic (exact) mass is 438 g/mol. The molecule has 1 atom stereocenters. The Kier molecular flexibility index (Phi) is 7.27. The normalized spacial score (nSPS) is 17.4. The molecule has 2 amide bonds. The fourth-order valence-corrected chi connectivity index (χ4v) is 4.22. The average Bonchev–Trinajstić information content (AvgIpc) is 3.35. The predicted octanol–water partition coefficient (Wildman–Crippen LogP) is 3.41.